The number of rotatable bonds is 9. The molecule has 0 heterocycles. The average molecular weight is 543 g/mol. The Morgan fingerprint density at radius 2 is 1.23 bits per heavy atom. The molecule has 0 unspecified atom stereocenters. The van der Waals surface area contributed by atoms with Gasteiger partial charge in [0.05, 0.1) is 21.3 Å². The first-order chi connectivity index (χ1) is 18.6. The Hall–Kier alpha value is -4.51. The Labute approximate surface area is 224 Å². The Balaban J connectivity index is 1.68. The molecule has 1 aliphatic carbocycles. The van der Waals surface area contributed by atoms with Crippen LogP contribution in [0.25, 0.3) is 12.2 Å². The predicted molar refractivity (Wildman–Crippen MR) is 138 cm³/mol. The molecule has 0 bridgehead atoms. The van der Waals surface area contributed by atoms with E-state index in [1.54, 1.807) is 12.1 Å². The van der Waals surface area contributed by atoms with Gasteiger partial charge in [0, 0.05) is 31.4 Å². The summed E-state index contributed by atoms with van der Waals surface area (Å²) < 4.78 is 25.7. The van der Waals surface area contributed by atoms with Crippen molar-refractivity contribution >= 4 is 30.1 Å². The van der Waals surface area contributed by atoms with E-state index in [0.29, 0.717) is 11.1 Å². The summed E-state index contributed by atoms with van der Waals surface area (Å²) in [6, 6.07) is 8.99. The molecular weight excluding hydrogens is 512 g/mol. The molecule has 0 spiro atoms. The molecule has 0 saturated heterocycles. The number of carbonyl (C=O) groups excluding carboxylic acids is 3. The maximum absolute atomic E-state index is 12.5. The first kappa shape index (κ1) is 29.1. The second kappa shape index (κ2) is 12.8. The molecule has 3 rings (SSSR count). The molecule has 1 aliphatic rings. The minimum atomic E-state index is -2.04. The van der Waals surface area contributed by atoms with E-state index in [4.69, 9.17) is 23.7 Å². The molecule has 2 atom stereocenters. The molecule has 1 fully saturated rings. The van der Waals surface area contributed by atoms with Crippen LogP contribution in [0.1, 0.15) is 30.4 Å². The maximum Gasteiger partial charge on any atom is 0.338 e. The van der Waals surface area contributed by atoms with Gasteiger partial charge < -0.3 is 39.0 Å². The monoisotopic (exact) mass is 542 g/mol. The second-order valence-corrected chi connectivity index (χ2v) is 8.81. The van der Waals surface area contributed by atoms with E-state index in [1.165, 1.54) is 50.6 Å². The Morgan fingerprint density at radius 1 is 0.795 bits per heavy atom. The van der Waals surface area contributed by atoms with Gasteiger partial charge in [-0.05, 0) is 47.5 Å². The largest absolute Gasteiger partial charge is 0.504 e. The Bertz CT molecular complexity index is 1180. The van der Waals surface area contributed by atoms with Gasteiger partial charge in [-0.15, -0.1) is 0 Å². The highest BCUT2D eigenvalue weighted by Gasteiger charge is 2.48. The first-order valence-electron chi connectivity index (χ1n) is 11.9. The van der Waals surface area contributed by atoms with E-state index in [2.05, 4.69) is 0 Å². The van der Waals surface area contributed by atoms with Crippen molar-refractivity contribution in [2.24, 2.45) is 0 Å². The highest BCUT2D eigenvalue weighted by molar-refractivity contribution is 5.88. The predicted octanol–water partition coefficient (Wildman–Crippen LogP) is 2.75. The fourth-order valence-electron chi connectivity index (χ4n) is 4.16. The van der Waals surface area contributed by atoms with Crippen LogP contribution >= 0.6 is 0 Å². The summed E-state index contributed by atoms with van der Waals surface area (Å²) >= 11 is 0. The van der Waals surface area contributed by atoms with Crippen molar-refractivity contribution in [1.82, 2.24) is 0 Å². The number of phenols is 2. The number of hydrogen-bond acceptors (Lipinski definition) is 11. The molecule has 0 aromatic heterocycles. The fourth-order valence-corrected chi connectivity index (χ4v) is 4.16. The summed E-state index contributed by atoms with van der Waals surface area (Å²) in [4.78, 5) is 37.3. The van der Waals surface area contributed by atoms with Crippen molar-refractivity contribution in [1.29, 1.82) is 0 Å². The molecule has 0 amide bonds. The molecule has 2 aromatic rings. The number of aromatic hydroxyl groups is 2. The molecule has 0 radical (unpaired) electrons. The molecule has 3 N–H and O–H groups in total. The number of esters is 3. The van der Waals surface area contributed by atoms with Crippen LogP contribution in [0.4, 0.5) is 0 Å². The quantitative estimate of drug-likeness (QED) is 0.243. The van der Waals surface area contributed by atoms with E-state index in [9.17, 15) is 29.7 Å². The van der Waals surface area contributed by atoms with Crippen molar-refractivity contribution in [3.8, 4) is 23.0 Å². The number of carbonyl (C=O) groups is 3. The molecule has 0 aliphatic heterocycles. The summed E-state index contributed by atoms with van der Waals surface area (Å²) in [5, 5.41) is 30.3. The summed E-state index contributed by atoms with van der Waals surface area (Å²) in [5.74, 6) is -2.12. The second-order valence-electron chi connectivity index (χ2n) is 8.81. The molecule has 208 valence electrons. The van der Waals surface area contributed by atoms with Crippen LogP contribution in [0.15, 0.2) is 48.6 Å². The van der Waals surface area contributed by atoms with E-state index < -0.39 is 35.7 Å². The van der Waals surface area contributed by atoms with Gasteiger partial charge in [-0.1, -0.05) is 12.1 Å². The number of aliphatic hydroxyl groups is 1. The van der Waals surface area contributed by atoms with Crippen LogP contribution in [0.5, 0.6) is 23.0 Å². The van der Waals surface area contributed by atoms with Gasteiger partial charge in [0.1, 0.15) is 12.2 Å². The lowest BCUT2D eigenvalue weighted by atomic mass is 9.81. The van der Waals surface area contributed by atoms with Crippen LogP contribution in [0.3, 0.4) is 0 Å². The molecule has 2 aromatic carbocycles. The van der Waals surface area contributed by atoms with E-state index in [1.807, 2.05) is 0 Å². The number of hydrogen-bond donors (Lipinski definition) is 3. The number of methoxy groups -OCH3 is 3. The zero-order valence-corrected chi connectivity index (χ0v) is 21.7. The minimum Gasteiger partial charge on any atom is -0.504 e. The van der Waals surface area contributed by atoms with Gasteiger partial charge in [0.25, 0.3) is 0 Å². The first-order valence-corrected chi connectivity index (χ1v) is 11.9. The van der Waals surface area contributed by atoms with Gasteiger partial charge in [-0.25, -0.2) is 14.4 Å². The number of phenolic OH excluding ortho intramolecular Hbond substituents is 2. The topological polar surface area (TPSA) is 158 Å². The van der Waals surface area contributed by atoms with Crippen molar-refractivity contribution in [2.75, 3.05) is 21.3 Å². The zero-order valence-electron chi connectivity index (χ0n) is 21.7. The molecule has 1 saturated carbocycles. The summed E-state index contributed by atoms with van der Waals surface area (Å²) in [5.41, 5.74) is -0.923. The van der Waals surface area contributed by atoms with Gasteiger partial charge in [-0.3, -0.25) is 0 Å². The highest BCUT2D eigenvalue weighted by atomic mass is 16.6. The van der Waals surface area contributed by atoms with Crippen molar-refractivity contribution in [2.45, 2.75) is 37.1 Å². The molecule has 11 heteroatoms. The normalized spacial score (nSPS) is 20.9. The molecular formula is C28H30O11. The van der Waals surface area contributed by atoms with Crippen molar-refractivity contribution in [3.05, 3.63) is 59.7 Å². The van der Waals surface area contributed by atoms with Crippen LogP contribution in [0, 0.1) is 0 Å². The highest BCUT2D eigenvalue weighted by Crippen LogP contribution is 2.34. The van der Waals surface area contributed by atoms with E-state index >= 15 is 0 Å². The summed E-state index contributed by atoms with van der Waals surface area (Å²) in [6.07, 6.45) is 2.81. The standard InChI is InChI=1S/C28H30O11/c1-35-23-12-17(4-8-21(23)29)6-10-25(31)38-19-14-20(16-28(34,15-19)27(33)37-3)39-26(32)11-7-18-5-9-22(30)24(13-18)36-2/h4-13,19-20,29-30,34H,14-16H2,1-3H3/b10-6+,11-7+/t19-,20-/m0/s1. The van der Waals surface area contributed by atoms with Gasteiger partial charge >= 0.3 is 17.9 Å². The zero-order chi connectivity index (χ0) is 28.6. The lowest BCUT2D eigenvalue weighted by Gasteiger charge is -2.37. The number of benzene rings is 2. The lowest BCUT2D eigenvalue weighted by molar-refractivity contribution is -0.185. The summed E-state index contributed by atoms with van der Waals surface area (Å²) in [7, 11) is 3.90. The van der Waals surface area contributed by atoms with E-state index in [-0.39, 0.29) is 42.3 Å². The van der Waals surface area contributed by atoms with Crippen molar-refractivity contribution < 1.29 is 53.4 Å². The smallest absolute Gasteiger partial charge is 0.338 e. The molecule has 11 nitrogen and oxygen atoms in total. The fraction of sp³-hybridized carbons (Fsp3) is 0.321. The third-order valence-corrected chi connectivity index (χ3v) is 6.02. The van der Waals surface area contributed by atoms with Crippen LogP contribution in [-0.4, -0.2) is 72.4 Å². The lowest BCUT2D eigenvalue weighted by Crippen LogP contribution is -2.51. The van der Waals surface area contributed by atoms with Gasteiger partial charge in [-0.2, -0.15) is 0 Å². The van der Waals surface area contributed by atoms with Crippen LogP contribution in [-0.2, 0) is 28.6 Å². The third-order valence-electron chi connectivity index (χ3n) is 6.02. The van der Waals surface area contributed by atoms with Gasteiger partial charge in [0.2, 0.25) is 0 Å². The average Bonchev–Trinajstić information content (AvgIpc) is 2.91. The van der Waals surface area contributed by atoms with Crippen LogP contribution < -0.4 is 9.47 Å². The third kappa shape index (κ3) is 7.74. The maximum atomic E-state index is 12.5. The SMILES string of the molecule is COC(=O)C1(O)C[C@@H](OC(=O)/C=C/c2ccc(O)c(OC)c2)C[C@H](OC(=O)/C=C/c2ccc(O)c(OC)c2)C1. The Kier molecular flexibility index (Phi) is 9.56. The van der Waals surface area contributed by atoms with Crippen LogP contribution in [0.2, 0.25) is 0 Å². The minimum absolute atomic E-state index is 0.0402. The molecule has 39 heavy (non-hydrogen) atoms. The van der Waals surface area contributed by atoms with Crippen molar-refractivity contribution in [3.63, 3.8) is 0 Å². The summed E-state index contributed by atoms with van der Waals surface area (Å²) in [6.45, 7) is 0. The van der Waals surface area contributed by atoms with Gasteiger partial charge in [0.15, 0.2) is 28.6 Å². The van der Waals surface area contributed by atoms with E-state index in [0.717, 1.165) is 19.3 Å². The number of ether oxygens (including phenoxy) is 5. The Morgan fingerprint density at radius 3 is 1.62 bits per heavy atom.